The van der Waals surface area contributed by atoms with Crippen LogP contribution in [0.2, 0.25) is 0 Å². The Labute approximate surface area is 125 Å². The number of esters is 1. The van der Waals surface area contributed by atoms with Gasteiger partial charge in [0.25, 0.3) is 0 Å². The molecule has 5 nitrogen and oxygen atoms in total. The van der Waals surface area contributed by atoms with Crippen LogP contribution in [0.25, 0.3) is 0 Å². The largest absolute Gasteiger partial charge is 0.465 e. The first kappa shape index (κ1) is 16.0. The lowest BCUT2D eigenvalue weighted by Gasteiger charge is -2.26. The molecule has 1 fully saturated rings. The van der Waals surface area contributed by atoms with Gasteiger partial charge in [-0.05, 0) is 30.7 Å². The molecule has 0 amide bonds. The van der Waals surface area contributed by atoms with E-state index < -0.39 is 9.84 Å². The topological polar surface area (TPSA) is 63.7 Å². The molecule has 0 spiro atoms. The van der Waals surface area contributed by atoms with Crippen LogP contribution in [-0.2, 0) is 21.1 Å². The average Bonchev–Trinajstić information content (AvgIpc) is 2.84. The zero-order chi connectivity index (χ0) is 15.5. The summed E-state index contributed by atoms with van der Waals surface area (Å²) >= 11 is 0. The van der Waals surface area contributed by atoms with Gasteiger partial charge < -0.3 is 4.74 Å². The Morgan fingerprint density at radius 1 is 1.33 bits per heavy atom. The standard InChI is InChI=1S/C15H21NO4S/c1-3-16(14-8-9-21(18,19)11-14)10-12-4-6-13(7-5-12)15(17)20-2/h4-7,14H,3,8-11H2,1-2H3/t14-/m0/s1. The molecule has 21 heavy (non-hydrogen) atoms. The molecule has 116 valence electrons. The Morgan fingerprint density at radius 3 is 2.48 bits per heavy atom. The first-order valence-electron chi connectivity index (χ1n) is 7.07. The number of hydrogen-bond acceptors (Lipinski definition) is 5. The van der Waals surface area contributed by atoms with E-state index in [4.69, 9.17) is 0 Å². The molecule has 1 heterocycles. The highest BCUT2D eigenvalue weighted by Crippen LogP contribution is 2.20. The maximum Gasteiger partial charge on any atom is 0.337 e. The normalized spacial score (nSPS) is 20.6. The third-order valence-corrected chi connectivity index (χ3v) is 5.64. The van der Waals surface area contributed by atoms with Crippen LogP contribution in [0.5, 0.6) is 0 Å². The number of rotatable bonds is 5. The number of benzene rings is 1. The molecule has 0 radical (unpaired) electrons. The van der Waals surface area contributed by atoms with Crippen molar-refractivity contribution in [1.82, 2.24) is 4.90 Å². The molecule has 1 aliphatic rings. The molecular weight excluding hydrogens is 290 g/mol. The summed E-state index contributed by atoms with van der Waals surface area (Å²) in [4.78, 5) is 13.6. The molecule has 0 aliphatic carbocycles. The second-order valence-corrected chi connectivity index (χ2v) is 7.54. The minimum Gasteiger partial charge on any atom is -0.465 e. The first-order chi connectivity index (χ1) is 9.95. The Hall–Kier alpha value is -1.40. The van der Waals surface area contributed by atoms with Gasteiger partial charge in [0.15, 0.2) is 9.84 Å². The lowest BCUT2D eigenvalue weighted by Crippen LogP contribution is -2.35. The molecule has 0 unspecified atom stereocenters. The van der Waals surface area contributed by atoms with E-state index >= 15 is 0 Å². The summed E-state index contributed by atoms with van der Waals surface area (Å²) in [6.07, 6.45) is 0.705. The Bertz CT molecular complexity index is 595. The molecule has 1 aromatic carbocycles. The average molecular weight is 311 g/mol. The highest BCUT2D eigenvalue weighted by atomic mass is 32.2. The molecule has 6 heteroatoms. The molecule has 0 aromatic heterocycles. The van der Waals surface area contributed by atoms with Crippen LogP contribution in [0.4, 0.5) is 0 Å². The summed E-state index contributed by atoms with van der Waals surface area (Å²) in [6.45, 7) is 3.53. The molecule has 1 saturated heterocycles. The fraction of sp³-hybridized carbons (Fsp3) is 0.533. The Morgan fingerprint density at radius 2 is 2.00 bits per heavy atom. The zero-order valence-electron chi connectivity index (χ0n) is 12.4. The van der Waals surface area contributed by atoms with Crippen LogP contribution in [-0.4, -0.2) is 50.5 Å². The van der Waals surface area contributed by atoms with Crippen LogP contribution in [0.1, 0.15) is 29.3 Å². The van der Waals surface area contributed by atoms with Crippen LogP contribution >= 0.6 is 0 Å². The fourth-order valence-electron chi connectivity index (χ4n) is 2.66. The maximum absolute atomic E-state index is 11.6. The van der Waals surface area contributed by atoms with Crippen molar-refractivity contribution < 1.29 is 17.9 Å². The van der Waals surface area contributed by atoms with Crippen LogP contribution in [0.15, 0.2) is 24.3 Å². The minimum atomic E-state index is -2.87. The Balaban J connectivity index is 2.04. The van der Waals surface area contributed by atoms with Crippen molar-refractivity contribution in [1.29, 1.82) is 0 Å². The van der Waals surface area contributed by atoms with Crippen LogP contribution in [0.3, 0.4) is 0 Å². The monoisotopic (exact) mass is 311 g/mol. The van der Waals surface area contributed by atoms with Crippen LogP contribution < -0.4 is 0 Å². The Kier molecular flexibility index (Phi) is 5.00. The van der Waals surface area contributed by atoms with Gasteiger partial charge in [0.05, 0.1) is 24.2 Å². The summed E-state index contributed by atoms with van der Waals surface area (Å²) in [5.41, 5.74) is 1.58. The van der Waals surface area contributed by atoms with Gasteiger partial charge in [-0.25, -0.2) is 13.2 Å². The molecular formula is C15H21NO4S. The van der Waals surface area contributed by atoms with Crippen molar-refractivity contribution >= 4 is 15.8 Å². The number of ether oxygens (including phenoxy) is 1. The number of nitrogens with zero attached hydrogens (tertiary/aromatic N) is 1. The van der Waals surface area contributed by atoms with Crippen molar-refractivity contribution in [2.45, 2.75) is 25.9 Å². The van der Waals surface area contributed by atoms with Crippen molar-refractivity contribution in [3.63, 3.8) is 0 Å². The van der Waals surface area contributed by atoms with Crippen LogP contribution in [0, 0.1) is 0 Å². The van der Waals surface area contributed by atoms with Crippen molar-refractivity contribution in [2.24, 2.45) is 0 Å². The van der Waals surface area contributed by atoms with Gasteiger partial charge in [-0.1, -0.05) is 19.1 Å². The first-order valence-corrected chi connectivity index (χ1v) is 8.89. The smallest absolute Gasteiger partial charge is 0.337 e. The predicted octanol–water partition coefficient (Wildman–Crippen LogP) is 1.48. The molecule has 1 aliphatic heterocycles. The van der Waals surface area contributed by atoms with Gasteiger partial charge >= 0.3 is 5.97 Å². The third kappa shape index (κ3) is 4.04. The van der Waals surface area contributed by atoms with E-state index in [1.54, 1.807) is 12.1 Å². The summed E-state index contributed by atoms with van der Waals surface area (Å²) in [7, 11) is -1.51. The second-order valence-electron chi connectivity index (χ2n) is 5.31. The van der Waals surface area contributed by atoms with Crippen molar-refractivity contribution in [3.8, 4) is 0 Å². The molecule has 1 aromatic rings. The quantitative estimate of drug-likeness (QED) is 0.771. The van der Waals surface area contributed by atoms with E-state index in [1.165, 1.54) is 7.11 Å². The van der Waals surface area contributed by atoms with E-state index in [-0.39, 0.29) is 23.5 Å². The van der Waals surface area contributed by atoms with Crippen molar-refractivity contribution in [3.05, 3.63) is 35.4 Å². The summed E-state index contributed by atoms with van der Waals surface area (Å²) in [5.74, 6) is 0.187. The summed E-state index contributed by atoms with van der Waals surface area (Å²) < 4.78 is 27.8. The van der Waals surface area contributed by atoms with Gasteiger partial charge in [-0.15, -0.1) is 0 Å². The van der Waals surface area contributed by atoms with Gasteiger partial charge in [0.1, 0.15) is 0 Å². The van der Waals surface area contributed by atoms with E-state index in [9.17, 15) is 13.2 Å². The highest BCUT2D eigenvalue weighted by Gasteiger charge is 2.31. The van der Waals surface area contributed by atoms with E-state index in [0.29, 0.717) is 18.5 Å². The minimum absolute atomic E-state index is 0.0975. The predicted molar refractivity (Wildman–Crippen MR) is 80.9 cm³/mol. The zero-order valence-corrected chi connectivity index (χ0v) is 13.2. The maximum atomic E-state index is 11.6. The van der Waals surface area contributed by atoms with E-state index in [1.807, 2.05) is 19.1 Å². The van der Waals surface area contributed by atoms with Gasteiger partial charge in [0.2, 0.25) is 0 Å². The lowest BCUT2D eigenvalue weighted by molar-refractivity contribution is 0.0600. The molecule has 0 N–H and O–H groups in total. The number of hydrogen-bond donors (Lipinski definition) is 0. The van der Waals surface area contributed by atoms with Crippen molar-refractivity contribution in [2.75, 3.05) is 25.2 Å². The number of sulfone groups is 1. The lowest BCUT2D eigenvalue weighted by atomic mass is 10.1. The summed E-state index contributed by atoms with van der Waals surface area (Å²) in [5, 5.41) is 0. The van der Waals surface area contributed by atoms with Gasteiger partial charge in [-0.3, -0.25) is 4.90 Å². The molecule has 0 bridgehead atoms. The summed E-state index contributed by atoms with van der Waals surface area (Å²) in [6, 6.07) is 7.35. The number of methoxy groups -OCH3 is 1. The van der Waals surface area contributed by atoms with E-state index in [2.05, 4.69) is 9.64 Å². The highest BCUT2D eigenvalue weighted by molar-refractivity contribution is 7.91. The SMILES string of the molecule is CCN(Cc1ccc(C(=O)OC)cc1)[C@H]1CCS(=O)(=O)C1. The van der Waals surface area contributed by atoms with Gasteiger partial charge in [-0.2, -0.15) is 0 Å². The molecule has 0 saturated carbocycles. The number of carbonyl (C=O) groups excluding carboxylic acids is 1. The second kappa shape index (κ2) is 6.58. The number of carbonyl (C=O) groups is 1. The van der Waals surface area contributed by atoms with Gasteiger partial charge in [0, 0.05) is 12.6 Å². The van der Waals surface area contributed by atoms with E-state index in [0.717, 1.165) is 12.1 Å². The molecule has 2 rings (SSSR count). The fourth-order valence-corrected chi connectivity index (χ4v) is 4.42. The molecule has 1 atom stereocenters. The third-order valence-electron chi connectivity index (χ3n) is 3.89.